The van der Waals surface area contributed by atoms with Crippen molar-refractivity contribution in [1.82, 2.24) is 4.90 Å². The third kappa shape index (κ3) is 3.79. The zero-order valence-electron chi connectivity index (χ0n) is 14.5. The first-order valence-electron chi connectivity index (χ1n) is 8.88. The molecule has 136 valence electrons. The molecule has 0 radical (unpaired) electrons. The second kappa shape index (κ2) is 7.87. The van der Waals surface area contributed by atoms with Gasteiger partial charge >= 0.3 is 5.97 Å². The third-order valence-corrected chi connectivity index (χ3v) is 5.20. The number of rotatable bonds is 6. The lowest BCUT2D eigenvalue weighted by Crippen LogP contribution is -2.46. The molecule has 2 aliphatic rings. The zero-order valence-corrected chi connectivity index (χ0v) is 14.5. The van der Waals surface area contributed by atoms with Crippen molar-refractivity contribution in [2.24, 2.45) is 5.92 Å². The van der Waals surface area contributed by atoms with Gasteiger partial charge in [0.15, 0.2) is 0 Å². The molecule has 1 aromatic rings. The maximum atomic E-state index is 12.6. The smallest absolute Gasteiger partial charge is 0.308 e. The van der Waals surface area contributed by atoms with E-state index in [-0.39, 0.29) is 18.4 Å². The van der Waals surface area contributed by atoms with Crippen LogP contribution < -0.4 is 4.74 Å². The van der Waals surface area contributed by atoms with Crippen LogP contribution in [0.1, 0.15) is 43.7 Å². The summed E-state index contributed by atoms with van der Waals surface area (Å²) in [6, 6.07) is 6.87. The number of amides is 1. The molecule has 2 aliphatic heterocycles. The Morgan fingerprint density at radius 1 is 1.36 bits per heavy atom. The van der Waals surface area contributed by atoms with Gasteiger partial charge in [-0.2, -0.15) is 0 Å². The van der Waals surface area contributed by atoms with E-state index in [1.54, 1.807) is 12.0 Å². The number of para-hydroxylation sites is 1. The highest BCUT2D eigenvalue weighted by Gasteiger charge is 2.42. The zero-order chi connectivity index (χ0) is 17.8. The summed E-state index contributed by atoms with van der Waals surface area (Å²) < 4.78 is 11.1. The second-order valence-corrected chi connectivity index (χ2v) is 6.68. The summed E-state index contributed by atoms with van der Waals surface area (Å²) in [5.74, 6) is -0.869. The van der Waals surface area contributed by atoms with E-state index in [1.807, 2.05) is 24.3 Å². The minimum Gasteiger partial charge on any atom is -0.496 e. The van der Waals surface area contributed by atoms with E-state index in [2.05, 4.69) is 0 Å². The van der Waals surface area contributed by atoms with E-state index in [9.17, 15) is 14.7 Å². The van der Waals surface area contributed by atoms with E-state index >= 15 is 0 Å². The molecule has 0 spiro atoms. The fourth-order valence-electron chi connectivity index (χ4n) is 3.93. The quantitative estimate of drug-likeness (QED) is 0.856. The number of benzene rings is 1. The Labute approximate surface area is 147 Å². The van der Waals surface area contributed by atoms with Crippen LogP contribution in [0.25, 0.3) is 0 Å². The van der Waals surface area contributed by atoms with Crippen molar-refractivity contribution in [2.75, 3.05) is 20.3 Å². The highest BCUT2D eigenvalue weighted by atomic mass is 16.5. The molecule has 0 unspecified atom stereocenters. The van der Waals surface area contributed by atoms with Gasteiger partial charge in [0, 0.05) is 25.1 Å². The number of likely N-dealkylation sites (tertiary alicyclic amines) is 1. The van der Waals surface area contributed by atoms with Crippen molar-refractivity contribution >= 4 is 11.9 Å². The molecule has 1 amide bonds. The van der Waals surface area contributed by atoms with Gasteiger partial charge in [0.1, 0.15) is 5.75 Å². The number of aliphatic carboxylic acids is 1. The van der Waals surface area contributed by atoms with E-state index in [4.69, 9.17) is 9.47 Å². The van der Waals surface area contributed by atoms with Crippen LogP contribution in [-0.2, 0) is 14.3 Å². The molecule has 6 nitrogen and oxygen atoms in total. The Morgan fingerprint density at radius 3 is 2.84 bits per heavy atom. The summed E-state index contributed by atoms with van der Waals surface area (Å²) in [7, 11) is 1.57. The molecule has 0 saturated carbocycles. The molecule has 25 heavy (non-hydrogen) atoms. The molecule has 0 aromatic heterocycles. The summed E-state index contributed by atoms with van der Waals surface area (Å²) in [5.41, 5.74) is 0.762. The third-order valence-electron chi connectivity index (χ3n) is 5.20. The van der Waals surface area contributed by atoms with Crippen LogP contribution in [0, 0.1) is 5.92 Å². The van der Waals surface area contributed by atoms with Crippen molar-refractivity contribution in [3.05, 3.63) is 29.8 Å². The second-order valence-electron chi connectivity index (χ2n) is 6.68. The molecule has 3 atom stereocenters. The Morgan fingerprint density at radius 2 is 2.16 bits per heavy atom. The Kier molecular flexibility index (Phi) is 5.58. The molecule has 0 aliphatic carbocycles. The van der Waals surface area contributed by atoms with Gasteiger partial charge in [-0.05, 0) is 31.7 Å². The Bertz CT molecular complexity index is 626. The lowest BCUT2D eigenvalue weighted by Gasteiger charge is -2.40. The fraction of sp³-hybridized carbons (Fsp3) is 0.579. The van der Waals surface area contributed by atoms with Gasteiger partial charge < -0.3 is 19.5 Å². The van der Waals surface area contributed by atoms with E-state index < -0.39 is 17.9 Å². The average Bonchev–Trinajstić information content (AvgIpc) is 3.13. The number of nitrogens with zero attached hydrogens (tertiary/aromatic N) is 1. The summed E-state index contributed by atoms with van der Waals surface area (Å²) in [4.78, 5) is 26.2. The first-order chi connectivity index (χ1) is 12.1. The fourth-order valence-corrected chi connectivity index (χ4v) is 3.93. The number of methoxy groups -OCH3 is 1. The SMILES string of the molecule is COc1ccccc1[C@@H]1[C@H](C(=O)O)CCC(=O)N1CC[C@@H]1CCCO1. The minimum atomic E-state index is -0.870. The van der Waals surface area contributed by atoms with Crippen LogP contribution in [0.15, 0.2) is 24.3 Å². The van der Waals surface area contributed by atoms with Gasteiger partial charge in [0.2, 0.25) is 5.91 Å². The predicted molar refractivity (Wildman–Crippen MR) is 91.4 cm³/mol. The van der Waals surface area contributed by atoms with E-state index in [0.717, 1.165) is 31.4 Å². The molecule has 6 heteroatoms. The Hall–Kier alpha value is -2.08. The van der Waals surface area contributed by atoms with E-state index in [1.165, 1.54) is 0 Å². The van der Waals surface area contributed by atoms with Crippen LogP contribution in [0.3, 0.4) is 0 Å². The number of piperidine rings is 1. The van der Waals surface area contributed by atoms with Crippen molar-refractivity contribution in [3.8, 4) is 5.75 Å². The molecule has 2 fully saturated rings. The molecule has 2 heterocycles. The number of carboxylic acid groups (broad SMARTS) is 1. The molecule has 1 aromatic carbocycles. The van der Waals surface area contributed by atoms with Gasteiger partial charge in [-0.1, -0.05) is 18.2 Å². The molecule has 1 N–H and O–H groups in total. The lowest BCUT2D eigenvalue weighted by atomic mass is 9.83. The largest absolute Gasteiger partial charge is 0.496 e. The Balaban J connectivity index is 1.89. The normalized spacial score (nSPS) is 26.7. The number of hydrogen-bond acceptors (Lipinski definition) is 4. The lowest BCUT2D eigenvalue weighted by molar-refractivity contribution is -0.152. The summed E-state index contributed by atoms with van der Waals surface area (Å²) >= 11 is 0. The maximum Gasteiger partial charge on any atom is 0.308 e. The predicted octanol–water partition coefficient (Wildman–Crippen LogP) is 2.63. The van der Waals surface area contributed by atoms with Crippen molar-refractivity contribution in [3.63, 3.8) is 0 Å². The molecule has 0 bridgehead atoms. The van der Waals surface area contributed by atoms with Gasteiger partial charge in [-0.25, -0.2) is 0 Å². The summed E-state index contributed by atoms with van der Waals surface area (Å²) in [6.07, 6.45) is 3.58. The molecular weight excluding hydrogens is 322 g/mol. The van der Waals surface area contributed by atoms with Crippen LogP contribution in [0.2, 0.25) is 0 Å². The molecular formula is C19H25NO5. The van der Waals surface area contributed by atoms with Gasteiger partial charge in [0.25, 0.3) is 0 Å². The molecule has 3 rings (SSSR count). The van der Waals surface area contributed by atoms with Gasteiger partial charge in [-0.15, -0.1) is 0 Å². The van der Waals surface area contributed by atoms with E-state index in [0.29, 0.717) is 18.7 Å². The van der Waals surface area contributed by atoms with Gasteiger partial charge in [-0.3, -0.25) is 9.59 Å². The number of hydrogen-bond donors (Lipinski definition) is 1. The van der Waals surface area contributed by atoms with Crippen LogP contribution in [0.5, 0.6) is 5.75 Å². The van der Waals surface area contributed by atoms with Crippen molar-refractivity contribution in [1.29, 1.82) is 0 Å². The summed E-state index contributed by atoms with van der Waals surface area (Å²) in [6.45, 7) is 1.28. The highest BCUT2D eigenvalue weighted by Crippen LogP contribution is 2.41. The first-order valence-corrected chi connectivity index (χ1v) is 8.88. The van der Waals surface area contributed by atoms with Crippen molar-refractivity contribution < 1.29 is 24.2 Å². The number of ether oxygens (including phenoxy) is 2. The number of carbonyl (C=O) groups is 2. The first kappa shape index (κ1) is 17.7. The monoisotopic (exact) mass is 347 g/mol. The standard InChI is InChI=1S/C19H25NO5/c1-24-16-7-3-2-6-14(16)18-15(19(22)23)8-9-17(21)20(18)11-10-13-5-4-12-25-13/h2-3,6-7,13,15,18H,4-5,8-12H2,1H3,(H,22,23)/t13-,15+,18+/m0/s1. The van der Waals surface area contributed by atoms with Gasteiger partial charge in [0.05, 0.1) is 25.2 Å². The number of carboxylic acids is 1. The summed E-state index contributed by atoms with van der Waals surface area (Å²) in [5, 5.41) is 9.71. The molecule has 2 saturated heterocycles. The topological polar surface area (TPSA) is 76.1 Å². The van der Waals surface area contributed by atoms with Crippen LogP contribution in [-0.4, -0.2) is 48.2 Å². The maximum absolute atomic E-state index is 12.6. The highest BCUT2D eigenvalue weighted by molar-refractivity contribution is 5.82. The number of carbonyl (C=O) groups excluding carboxylic acids is 1. The van der Waals surface area contributed by atoms with Crippen molar-refractivity contribution in [2.45, 2.75) is 44.2 Å². The van der Waals surface area contributed by atoms with Crippen LogP contribution >= 0.6 is 0 Å². The van der Waals surface area contributed by atoms with Crippen LogP contribution in [0.4, 0.5) is 0 Å². The minimum absolute atomic E-state index is 0.00593. The average molecular weight is 347 g/mol.